The molecule has 0 aromatic rings. The molecule has 0 aliphatic heterocycles. The van der Waals surface area contributed by atoms with E-state index in [4.69, 9.17) is 5.73 Å². The maximum atomic E-state index is 5.65. The van der Waals surface area contributed by atoms with Crippen LogP contribution in [0.2, 0.25) is 0 Å². The molecule has 1 unspecified atom stereocenters. The lowest BCUT2D eigenvalue weighted by Gasteiger charge is -2.06. The van der Waals surface area contributed by atoms with Crippen LogP contribution >= 0.6 is 0 Å². The summed E-state index contributed by atoms with van der Waals surface area (Å²) in [5.74, 6) is 0. The predicted octanol–water partition coefficient (Wildman–Crippen LogP) is 3.03. The lowest BCUT2D eigenvalue weighted by Crippen LogP contribution is -2.13. The monoisotopic (exact) mass is 167 g/mol. The first-order valence-electron chi connectivity index (χ1n) is 4.71. The highest BCUT2D eigenvalue weighted by Gasteiger charge is 1.96. The molecular weight excluding hydrogens is 146 g/mol. The fraction of sp³-hybridized carbons (Fsp3) is 0.636. The molecule has 1 atom stereocenters. The molecule has 1 heteroatoms. The lowest BCUT2D eigenvalue weighted by molar-refractivity contribution is 0.619. The summed E-state index contributed by atoms with van der Waals surface area (Å²) in [6.45, 7) is 7.87. The molecule has 0 aromatic heterocycles. The van der Waals surface area contributed by atoms with E-state index in [1.807, 2.05) is 6.08 Å². The smallest absolute Gasteiger partial charge is 0.00105 e. The quantitative estimate of drug-likeness (QED) is 0.605. The Balaban J connectivity index is 3.52. The summed E-state index contributed by atoms with van der Waals surface area (Å²) in [6, 6.07) is 0.340. The SMILES string of the molecule is C=CC/C(=C\C)CCCC(C)N. The van der Waals surface area contributed by atoms with Crippen molar-refractivity contribution in [1.82, 2.24) is 0 Å². The van der Waals surface area contributed by atoms with Gasteiger partial charge in [-0.05, 0) is 39.5 Å². The van der Waals surface area contributed by atoms with Crippen LogP contribution in [-0.2, 0) is 0 Å². The van der Waals surface area contributed by atoms with Gasteiger partial charge in [0.25, 0.3) is 0 Å². The van der Waals surface area contributed by atoms with Crippen molar-refractivity contribution in [1.29, 1.82) is 0 Å². The first-order valence-corrected chi connectivity index (χ1v) is 4.71. The Labute approximate surface area is 76.3 Å². The van der Waals surface area contributed by atoms with Crippen molar-refractivity contribution in [3.63, 3.8) is 0 Å². The van der Waals surface area contributed by atoms with Gasteiger partial charge in [-0.25, -0.2) is 0 Å². The van der Waals surface area contributed by atoms with Crippen molar-refractivity contribution in [2.24, 2.45) is 5.73 Å². The van der Waals surface area contributed by atoms with Crippen molar-refractivity contribution >= 4 is 0 Å². The third kappa shape index (κ3) is 6.17. The van der Waals surface area contributed by atoms with E-state index in [1.54, 1.807) is 0 Å². The summed E-state index contributed by atoms with van der Waals surface area (Å²) in [5.41, 5.74) is 7.13. The first kappa shape index (κ1) is 11.4. The van der Waals surface area contributed by atoms with Crippen molar-refractivity contribution in [2.75, 3.05) is 0 Å². The third-order valence-corrected chi connectivity index (χ3v) is 1.97. The molecule has 0 bridgehead atoms. The van der Waals surface area contributed by atoms with Crippen LogP contribution in [0.1, 0.15) is 39.5 Å². The maximum Gasteiger partial charge on any atom is 0.00105 e. The van der Waals surface area contributed by atoms with E-state index in [1.165, 1.54) is 18.4 Å². The largest absolute Gasteiger partial charge is 0.328 e. The normalized spacial score (nSPS) is 14.4. The van der Waals surface area contributed by atoms with Crippen molar-refractivity contribution in [2.45, 2.75) is 45.6 Å². The molecule has 2 N–H and O–H groups in total. The maximum absolute atomic E-state index is 5.65. The van der Waals surface area contributed by atoms with Crippen LogP contribution in [0.3, 0.4) is 0 Å². The molecular formula is C11H21N. The van der Waals surface area contributed by atoms with Crippen molar-refractivity contribution in [3.8, 4) is 0 Å². The van der Waals surface area contributed by atoms with Gasteiger partial charge in [-0.2, -0.15) is 0 Å². The second kappa shape index (κ2) is 7.11. The minimum atomic E-state index is 0.340. The summed E-state index contributed by atoms with van der Waals surface area (Å²) in [7, 11) is 0. The standard InChI is InChI=1S/C11H21N/c1-4-7-11(5-2)9-6-8-10(3)12/h4-5,10H,1,6-9,12H2,2-3H3/b11-5+. The van der Waals surface area contributed by atoms with E-state index in [9.17, 15) is 0 Å². The Morgan fingerprint density at radius 1 is 1.58 bits per heavy atom. The topological polar surface area (TPSA) is 26.0 Å². The van der Waals surface area contributed by atoms with Crippen molar-refractivity contribution in [3.05, 3.63) is 24.3 Å². The van der Waals surface area contributed by atoms with Crippen LogP contribution in [0.25, 0.3) is 0 Å². The molecule has 12 heavy (non-hydrogen) atoms. The van der Waals surface area contributed by atoms with Crippen LogP contribution in [0.15, 0.2) is 24.3 Å². The van der Waals surface area contributed by atoms with Gasteiger partial charge in [0.1, 0.15) is 0 Å². The van der Waals surface area contributed by atoms with Gasteiger partial charge in [-0.15, -0.1) is 6.58 Å². The molecule has 0 aromatic carbocycles. The van der Waals surface area contributed by atoms with E-state index >= 15 is 0 Å². The molecule has 0 rings (SSSR count). The van der Waals surface area contributed by atoms with Gasteiger partial charge in [0.05, 0.1) is 0 Å². The zero-order valence-corrected chi connectivity index (χ0v) is 8.34. The van der Waals surface area contributed by atoms with Gasteiger partial charge < -0.3 is 5.73 Å². The fourth-order valence-electron chi connectivity index (χ4n) is 1.20. The lowest BCUT2D eigenvalue weighted by atomic mass is 10.0. The molecule has 0 aliphatic carbocycles. The summed E-state index contributed by atoms with van der Waals surface area (Å²) < 4.78 is 0. The fourth-order valence-corrected chi connectivity index (χ4v) is 1.20. The molecule has 0 amide bonds. The molecule has 0 fully saturated rings. The van der Waals surface area contributed by atoms with Crippen LogP contribution in [0.5, 0.6) is 0 Å². The molecule has 0 spiro atoms. The first-order chi connectivity index (χ1) is 5.70. The predicted molar refractivity (Wildman–Crippen MR) is 56.1 cm³/mol. The summed E-state index contributed by atoms with van der Waals surface area (Å²) in [4.78, 5) is 0. The van der Waals surface area contributed by atoms with Gasteiger partial charge in [0.15, 0.2) is 0 Å². The van der Waals surface area contributed by atoms with Crippen LogP contribution in [0, 0.1) is 0 Å². The molecule has 0 heterocycles. The number of nitrogens with two attached hydrogens (primary N) is 1. The number of hydrogen-bond donors (Lipinski definition) is 1. The molecule has 0 saturated carbocycles. The van der Waals surface area contributed by atoms with E-state index in [2.05, 4.69) is 26.5 Å². The summed E-state index contributed by atoms with van der Waals surface area (Å²) in [5, 5.41) is 0. The Bertz CT molecular complexity index is 145. The Hall–Kier alpha value is -0.560. The van der Waals surface area contributed by atoms with Gasteiger partial charge in [0, 0.05) is 6.04 Å². The van der Waals surface area contributed by atoms with E-state index < -0.39 is 0 Å². The highest BCUT2D eigenvalue weighted by molar-refractivity contribution is 5.04. The molecule has 70 valence electrons. The zero-order valence-electron chi connectivity index (χ0n) is 8.34. The molecule has 0 saturated heterocycles. The van der Waals surface area contributed by atoms with Gasteiger partial charge in [0.2, 0.25) is 0 Å². The number of allylic oxidation sites excluding steroid dienone is 3. The molecule has 0 aliphatic rings. The van der Waals surface area contributed by atoms with Crippen LogP contribution < -0.4 is 5.73 Å². The highest BCUT2D eigenvalue weighted by atomic mass is 14.6. The second-order valence-corrected chi connectivity index (χ2v) is 3.31. The second-order valence-electron chi connectivity index (χ2n) is 3.31. The van der Waals surface area contributed by atoms with Crippen molar-refractivity contribution < 1.29 is 0 Å². The average molecular weight is 167 g/mol. The van der Waals surface area contributed by atoms with Gasteiger partial charge in [-0.1, -0.05) is 17.7 Å². The van der Waals surface area contributed by atoms with Gasteiger partial charge >= 0.3 is 0 Å². The summed E-state index contributed by atoms with van der Waals surface area (Å²) >= 11 is 0. The summed E-state index contributed by atoms with van der Waals surface area (Å²) in [6.07, 6.45) is 8.66. The number of hydrogen-bond acceptors (Lipinski definition) is 1. The van der Waals surface area contributed by atoms with E-state index in [-0.39, 0.29) is 0 Å². The molecule has 0 radical (unpaired) electrons. The molecule has 1 nitrogen and oxygen atoms in total. The average Bonchev–Trinajstić information content (AvgIpc) is 2.02. The number of rotatable bonds is 6. The minimum absolute atomic E-state index is 0.340. The van der Waals surface area contributed by atoms with Gasteiger partial charge in [-0.3, -0.25) is 0 Å². The van der Waals surface area contributed by atoms with E-state index in [0.29, 0.717) is 6.04 Å². The van der Waals surface area contributed by atoms with E-state index in [0.717, 1.165) is 12.8 Å². The Kier molecular flexibility index (Phi) is 6.78. The highest BCUT2D eigenvalue weighted by Crippen LogP contribution is 2.12. The van der Waals surface area contributed by atoms with Crippen LogP contribution in [0.4, 0.5) is 0 Å². The van der Waals surface area contributed by atoms with Crippen LogP contribution in [-0.4, -0.2) is 6.04 Å². The Morgan fingerprint density at radius 3 is 2.67 bits per heavy atom. The zero-order chi connectivity index (χ0) is 9.40. The Morgan fingerprint density at radius 2 is 2.25 bits per heavy atom. The third-order valence-electron chi connectivity index (χ3n) is 1.97. The minimum Gasteiger partial charge on any atom is -0.328 e.